The van der Waals surface area contributed by atoms with E-state index in [9.17, 15) is 28.9 Å². The van der Waals surface area contributed by atoms with Crippen LogP contribution in [0.15, 0.2) is 36.4 Å². The van der Waals surface area contributed by atoms with Gasteiger partial charge in [-0.05, 0) is 24.3 Å². The van der Waals surface area contributed by atoms with Crippen LogP contribution >= 0.6 is 0 Å². The van der Waals surface area contributed by atoms with E-state index in [1.807, 2.05) is 0 Å². The van der Waals surface area contributed by atoms with Gasteiger partial charge in [0.15, 0.2) is 5.78 Å². The standard InChI is InChI=1S/C17H11FN2O6/c1-26-15-5-2-9(18)6-13(15)14(21)8-19-16(22)11-4-3-10(20(24)25)7-12(11)17(19)23/h2-7H,8H2,1H3. The lowest BCUT2D eigenvalue weighted by Gasteiger charge is -2.14. The van der Waals surface area contributed by atoms with Crippen LogP contribution in [0.1, 0.15) is 31.1 Å². The Morgan fingerprint density at radius 1 is 1.15 bits per heavy atom. The molecule has 1 aliphatic rings. The highest BCUT2D eigenvalue weighted by atomic mass is 19.1. The Balaban J connectivity index is 1.91. The molecule has 0 N–H and O–H groups in total. The fourth-order valence-corrected chi connectivity index (χ4v) is 2.66. The average Bonchev–Trinajstić information content (AvgIpc) is 2.86. The number of amides is 2. The summed E-state index contributed by atoms with van der Waals surface area (Å²) in [6, 6.07) is 6.57. The number of carbonyl (C=O) groups excluding carboxylic acids is 3. The number of nitro benzene ring substituents is 1. The van der Waals surface area contributed by atoms with Gasteiger partial charge in [-0.2, -0.15) is 0 Å². The van der Waals surface area contributed by atoms with Gasteiger partial charge in [-0.3, -0.25) is 29.4 Å². The second-order valence-electron chi connectivity index (χ2n) is 5.45. The lowest BCUT2D eigenvalue weighted by Crippen LogP contribution is -2.35. The van der Waals surface area contributed by atoms with Crippen LogP contribution in [0.3, 0.4) is 0 Å². The minimum absolute atomic E-state index is 0.0281. The third-order valence-corrected chi connectivity index (χ3v) is 3.93. The summed E-state index contributed by atoms with van der Waals surface area (Å²) in [4.78, 5) is 48.0. The highest BCUT2D eigenvalue weighted by Crippen LogP contribution is 2.28. The number of benzene rings is 2. The summed E-state index contributed by atoms with van der Waals surface area (Å²) in [6.45, 7) is -0.639. The summed E-state index contributed by atoms with van der Waals surface area (Å²) in [5.74, 6) is -2.85. The van der Waals surface area contributed by atoms with Gasteiger partial charge in [-0.25, -0.2) is 4.39 Å². The SMILES string of the molecule is COc1ccc(F)cc1C(=O)CN1C(=O)c2ccc([N+](=O)[O-])cc2C1=O. The first-order valence-electron chi connectivity index (χ1n) is 7.35. The third kappa shape index (κ3) is 2.79. The molecule has 0 saturated heterocycles. The number of hydrogen-bond donors (Lipinski definition) is 0. The maximum atomic E-state index is 13.4. The summed E-state index contributed by atoms with van der Waals surface area (Å²) < 4.78 is 18.4. The van der Waals surface area contributed by atoms with E-state index in [-0.39, 0.29) is 28.1 Å². The molecule has 0 saturated carbocycles. The first-order valence-corrected chi connectivity index (χ1v) is 7.35. The first-order chi connectivity index (χ1) is 12.3. The van der Waals surface area contributed by atoms with Crippen molar-refractivity contribution in [3.63, 3.8) is 0 Å². The van der Waals surface area contributed by atoms with Gasteiger partial charge in [0, 0.05) is 12.1 Å². The number of methoxy groups -OCH3 is 1. The molecule has 9 heteroatoms. The molecule has 132 valence electrons. The molecule has 1 aliphatic heterocycles. The number of nitro groups is 1. The van der Waals surface area contributed by atoms with Crippen molar-refractivity contribution in [2.24, 2.45) is 0 Å². The third-order valence-electron chi connectivity index (χ3n) is 3.93. The maximum Gasteiger partial charge on any atom is 0.270 e. The monoisotopic (exact) mass is 358 g/mol. The van der Waals surface area contributed by atoms with Crippen LogP contribution in [0.4, 0.5) is 10.1 Å². The normalized spacial score (nSPS) is 12.9. The Bertz CT molecular complexity index is 972. The highest BCUT2D eigenvalue weighted by Gasteiger charge is 2.38. The van der Waals surface area contributed by atoms with Crippen molar-refractivity contribution in [1.82, 2.24) is 4.90 Å². The van der Waals surface area contributed by atoms with Gasteiger partial charge in [0.2, 0.25) is 0 Å². The lowest BCUT2D eigenvalue weighted by atomic mass is 10.1. The number of rotatable bonds is 5. The van der Waals surface area contributed by atoms with Crippen molar-refractivity contribution < 1.29 is 28.4 Å². The number of fused-ring (bicyclic) bond motifs is 1. The van der Waals surface area contributed by atoms with Crippen molar-refractivity contribution in [2.75, 3.05) is 13.7 Å². The van der Waals surface area contributed by atoms with Crippen LogP contribution in [0.5, 0.6) is 5.75 Å². The predicted octanol–water partition coefficient (Wildman–Crippen LogP) is 2.22. The van der Waals surface area contributed by atoms with E-state index in [1.54, 1.807) is 0 Å². The number of Topliss-reactive ketones (excluding diaryl/α,β-unsaturated/α-hetero) is 1. The van der Waals surface area contributed by atoms with E-state index >= 15 is 0 Å². The van der Waals surface area contributed by atoms with Crippen LogP contribution in [-0.4, -0.2) is 41.1 Å². The van der Waals surface area contributed by atoms with E-state index in [2.05, 4.69) is 0 Å². The molecule has 0 fully saturated rings. The molecule has 8 nitrogen and oxygen atoms in total. The second-order valence-corrected chi connectivity index (χ2v) is 5.45. The van der Waals surface area contributed by atoms with Crippen LogP contribution in [0, 0.1) is 15.9 Å². The van der Waals surface area contributed by atoms with E-state index < -0.39 is 34.9 Å². The maximum absolute atomic E-state index is 13.4. The number of ether oxygens (including phenoxy) is 1. The molecule has 0 atom stereocenters. The number of imide groups is 1. The largest absolute Gasteiger partial charge is 0.496 e. The van der Waals surface area contributed by atoms with E-state index in [4.69, 9.17) is 4.74 Å². The molecule has 0 spiro atoms. The Labute approximate surface area is 145 Å². The topological polar surface area (TPSA) is 107 Å². The smallest absolute Gasteiger partial charge is 0.270 e. The Hall–Kier alpha value is -3.62. The fourth-order valence-electron chi connectivity index (χ4n) is 2.66. The summed E-state index contributed by atoms with van der Waals surface area (Å²) in [7, 11) is 1.30. The number of nitrogens with zero attached hydrogens (tertiary/aromatic N) is 2. The minimum Gasteiger partial charge on any atom is -0.496 e. The van der Waals surface area contributed by atoms with Crippen molar-refractivity contribution in [1.29, 1.82) is 0 Å². The predicted molar refractivity (Wildman–Crippen MR) is 85.7 cm³/mol. The van der Waals surface area contributed by atoms with Gasteiger partial charge < -0.3 is 4.74 Å². The number of carbonyl (C=O) groups is 3. The summed E-state index contributed by atoms with van der Waals surface area (Å²) in [6.07, 6.45) is 0. The van der Waals surface area contributed by atoms with Crippen LogP contribution in [0.2, 0.25) is 0 Å². The zero-order chi connectivity index (χ0) is 19.0. The average molecular weight is 358 g/mol. The Morgan fingerprint density at radius 2 is 1.85 bits per heavy atom. The number of halogens is 1. The fraction of sp³-hybridized carbons (Fsp3) is 0.118. The molecule has 1 heterocycles. The minimum atomic E-state index is -0.822. The number of non-ortho nitro benzene ring substituents is 1. The van der Waals surface area contributed by atoms with E-state index in [1.165, 1.54) is 19.2 Å². The molecule has 0 aromatic heterocycles. The first kappa shape index (κ1) is 17.2. The molecule has 0 bridgehead atoms. The zero-order valence-electron chi connectivity index (χ0n) is 13.4. The quantitative estimate of drug-likeness (QED) is 0.351. The molecule has 0 unspecified atom stereocenters. The highest BCUT2D eigenvalue weighted by molar-refractivity contribution is 6.23. The molecule has 2 amide bonds. The molecular weight excluding hydrogens is 347 g/mol. The number of hydrogen-bond acceptors (Lipinski definition) is 6. The summed E-state index contributed by atoms with van der Waals surface area (Å²) >= 11 is 0. The van der Waals surface area contributed by atoms with E-state index in [0.29, 0.717) is 4.90 Å². The van der Waals surface area contributed by atoms with Crippen LogP contribution in [0.25, 0.3) is 0 Å². The molecule has 26 heavy (non-hydrogen) atoms. The van der Waals surface area contributed by atoms with Crippen molar-refractivity contribution in [3.05, 3.63) is 69.0 Å². The Morgan fingerprint density at radius 3 is 2.50 bits per heavy atom. The van der Waals surface area contributed by atoms with E-state index in [0.717, 1.165) is 24.3 Å². The molecule has 0 aliphatic carbocycles. The molecule has 3 rings (SSSR count). The van der Waals surface area contributed by atoms with Gasteiger partial charge in [0.05, 0.1) is 35.3 Å². The lowest BCUT2D eigenvalue weighted by molar-refractivity contribution is -0.384. The zero-order valence-corrected chi connectivity index (χ0v) is 13.4. The van der Waals surface area contributed by atoms with Crippen molar-refractivity contribution in [2.45, 2.75) is 0 Å². The second kappa shape index (κ2) is 6.36. The molecule has 2 aromatic carbocycles. The Kier molecular flexibility index (Phi) is 4.21. The van der Waals surface area contributed by atoms with Gasteiger partial charge in [-0.1, -0.05) is 0 Å². The molecule has 0 radical (unpaired) electrons. The number of ketones is 1. The van der Waals surface area contributed by atoms with Crippen molar-refractivity contribution >= 4 is 23.3 Å². The molecule has 2 aromatic rings. The van der Waals surface area contributed by atoms with Crippen molar-refractivity contribution in [3.8, 4) is 5.75 Å². The van der Waals surface area contributed by atoms with Crippen LogP contribution < -0.4 is 4.74 Å². The van der Waals surface area contributed by atoms with Gasteiger partial charge in [0.25, 0.3) is 17.5 Å². The molecular formula is C17H11FN2O6. The summed E-state index contributed by atoms with van der Waals surface area (Å²) in [5, 5.41) is 10.8. The van der Waals surface area contributed by atoms with Gasteiger partial charge in [-0.15, -0.1) is 0 Å². The van der Waals surface area contributed by atoms with Crippen LogP contribution in [-0.2, 0) is 0 Å². The van der Waals surface area contributed by atoms with Gasteiger partial charge >= 0.3 is 0 Å². The van der Waals surface area contributed by atoms with Gasteiger partial charge in [0.1, 0.15) is 11.6 Å². The summed E-state index contributed by atoms with van der Waals surface area (Å²) in [5.41, 5.74) is -0.636.